The zero-order chi connectivity index (χ0) is 13.1. The molecule has 0 amide bonds. The van der Waals surface area contributed by atoms with E-state index in [0.717, 1.165) is 0 Å². The Balaban J connectivity index is -0.000000218. The van der Waals surface area contributed by atoms with E-state index in [0.29, 0.717) is 0 Å². The monoisotopic (exact) mass is 475 g/mol. The SMILES string of the molecule is [C-]#[N+]/C([S-])=C(/[S-])[N+]#[C-].[C-]#[N+]/C([S-])=C(/[S-])[N+]#[C-].[Pt+4]. The van der Waals surface area contributed by atoms with Crippen molar-refractivity contribution < 1.29 is 21.1 Å². The Hall–Kier alpha value is -0.992. The summed E-state index contributed by atoms with van der Waals surface area (Å²) in [4.78, 5) is 11.1. The van der Waals surface area contributed by atoms with Crippen molar-refractivity contribution in [1.82, 2.24) is 0 Å². The molecular formula is C8N4PtS4. The molecule has 0 atom stereocenters. The van der Waals surface area contributed by atoms with Gasteiger partial charge in [-0.05, 0) is 0 Å². The van der Waals surface area contributed by atoms with Gasteiger partial charge in [-0.1, -0.05) is 0 Å². The van der Waals surface area contributed by atoms with Crippen LogP contribution in [0.3, 0.4) is 0 Å². The summed E-state index contributed by atoms with van der Waals surface area (Å²) >= 11 is 17.5. The van der Waals surface area contributed by atoms with Crippen LogP contribution in [0.1, 0.15) is 0 Å². The van der Waals surface area contributed by atoms with E-state index in [1.54, 1.807) is 0 Å². The van der Waals surface area contributed by atoms with Gasteiger partial charge in [-0.3, -0.25) is 19.4 Å². The van der Waals surface area contributed by atoms with Gasteiger partial charge in [0.1, 0.15) is 0 Å². The minimum Gasteiger partial charge on any atom is -0.826 e. The first-order valence-electron chi connectivity index (χ1n) is 3.11. The Morgan fingerprint density at radius 3 is 0.706 bits per heavy atom. The second kappa shape index (κ2) is 13.1. The van der Waals surface area contributed by atoms with Crippen molar-refractivity contribution >= 4 is 50.5 Å². The van der Waals surface area contributed by atoms with E-state index in [4.69, 9.17) is 26.3 Å². The van der Waals surface area contributed by atoms with Crippen LogP contribution in [0.5, 0.6) is 0 Å². The molecule has 0 bridgehead atoms. The molecule has 0 aliphatic rings. The molecule has 0 saturated carbocycles. The van der Waals surface area contributed by atoms with Crippen molar-refractivity contribution in [3.05, 3.63) is 65.8 Å². The summed E-state index contributed by atoms with van der Waals surface area (Å²) in [6.07, 6.45) is 0. The third-order valence-electron chi connectivity index (χ3n) is 0.772. The van der Waals surface area contributed by atoms with Gasteiger partial charge in [0, 0.05) is 20.1 Å². The summed E-state index contributed by atoms with van der Waals surface area (Å²) in [5.41, 5.74) is 0. The van der Waals surface area contributed by atoms with Crippen LogP contribution >= 0.6 is 0 Å². The topological polar surface area (TPSA) is 17.4 Å². The van der Waals surface area contributed by atoms with Crippen molar-refractivity contribution in [1.29, 1.82) is 0 Å². The Morgan fingerprint density at radius 1 is 0.529 bits per heavy atom. The smallest absolute Gasteiger partial charge is 0.826 e. The summed E-state index contributed by atoms with van der Waals surface area (Å²) in [5, 5.41) is -0.463. The molecule has 4 nitrogen and oxygen atoms in total. The first-order chi connectivity index (χ1) is 7.44. The first kappa shape index (κ1) is 21.3. The summed E-state index contributed by atoms with van der Waals surface area (Å²) < 4.78 is 0. The fourth-order valence-electron chi connectivity index (χ4n) is 0.191. The maximum Gasteiger partial charge on any atom is 4.00 e. The molecule has 0 rings (SSSR count). The van der Waals surface area contributed by atoms with Crippen LogP contribution in [-0.4, -0.2) is 0 Å². The summed E-state index contributed by atoms with van der Waals surface area (Å²) in [7, 11) is 0. The minimum atomic E-state index is -0.116. The van der Waals surface area contributed by atoms with Gasteiger partial charge in [0.15, 0.2) is 0 Å². The largest absolute Gasteiger partial charge is 4.00 e. The van der Waals surface area contributed by atoms with Crippen LogP contribution in [0.4, 0.5) is 0 Å². The Labute approximate surface area is 136 Å². The van der Waals surface area contributed by atoms with Crippen LogP contribution in [0.25, 0.3) is 19.4 Å². The zero-order valence-corrected chi connectivity index (χ0v) is 13.3. The molecule has 0 saturated heterocycles. The minimum absolute atomic E-state index is 0. The fourth-order valence-corrected chi connectivity index (χ4v) is 0.374. The van der Waals surface area contributed by atoms with Crippen LogP contribution in [-0.2, 0) is 71.6 Å². The molecule has 0 aromatic carbocycles. The Morgan fingerprint density at radius 2 is 0.647 bits per heavy atom. The van der Waals surface area contributed by atoms with Crippen molar-refractivity contribution in [2.75, 3.05) is 0 Å². The van der Waals surface area contributed by atoms with Gasteiger partial charge in [0.05, 0.1) is 26.3 Å². The average Bonchev–Trinajstić information content (AvgIpc) is 2.35. The molecule has 0 radical (unpaired) electrons. The fraction of sp³-hybridized carbons (Fsp3) is 0. The molecule has 0 N–H and O–H groups in total. The Bertz CT molecular complexity index is 394. The van der Waals surface area contributed by atoms with Gasteiger partial charge >= 0.3 is 21.1 Å². The molecular weight excluding hydrogens is 475 g/mol. The Kier molecular flexibility index (Phi) is 16.4. The number of nitrogens with zero attached hydrogens (tertiary/aromatic N) is 4. The van der Waals surface area contributed by atoms with Crippen LogP contribution in [0, 0.1) is 26.3 Å². The van der Waals surface area contributed by atoms with Gasteiger partial charge in [0.25, 0.3) is 0 Å². The molecule has 9 heteroatoms. The summed E-state index contributed by atoms with van der Waals surface area (Å²) in [5.74, 6) is 0. The van der Waals surface area contributed by atoms with E-state index < -0.39 is 0 Å². The van der Waals surface area contributed by atoms with Crippen LogP contribution in [0.15, 0.2) is 20.1 Å². The second-order valence-electron chi connectivity index (χ2n) is 1.67. The third kappa shape index (κ3) is 11.3. The van der Waals surface area contributed by atoms with Crippen molar-refractivity contribution in [2.45, 2.75) is 0 Å². The van der Waals surface area contributed by atoms with Gasteiger partial charge in [-0.15, -0.1) is 0 Å². The standard InChI is InChI=1S/2C4H2N2S2.Pt/c2*1-5-3(7)4(8)6-2;/h2*7-8H;/q;;+4/p-4/b2*4-3-;. The van der Waals surface area contributed by atoms with Crippen LogP contribution in [0.2, 0.25) is 0 Å². The summed E-state index contributed by atoms with van der Waals surface area (Å²) in [6, 6.07) is 0. The number of hydrogen-bond acceptors (Lipinski definition) is 4. The average molecular weight is 475 g/mol. The van der Waals surface area contributed by atoms with Crippen LogP contribution < -0.4 is 0 Å². The third-order valence-corrected chi connectivity index (χ3v) is 2.17. The van der Waals surface area contributed by atoms with E-state index in [1.807, 2.05) is 0 Å². The molecule has 0 heterocycles. The van der Waals surface area contributed by atoms with Gasteiger partial charge < -0.3 is 50.5 Å². The normalized spacial score (nSPS) is 10.1. The van der Waals surface area contributed by atoms with E-state index in [-0.39, 0.29) is 41.2 Å². The van der Waals surface area contributed by atoms with Gasteiger partial charge in [-0.2, -0.15) is 0 Å². The first-order valence-corrected chi connectivity index (χ1v) is 4.74. The second-order valence-corrected chi connectivity index (χ2v) is 3.21. The molecule has 17 heavy (non-hydrogen) atoms. The maximum atomic E-state index is 6.30. The molecule has 0 spiro atoms. The number of rotatable bonds is 0. The van der Waals surface area contributed by atoms with Crippen molar-refractivity contribution in [2.24, 2.45) is 0 Å². The van der Waals surface area contributed by atoms with E-state index in [1.165, 1.54) is 0 Å². The van der Waals surface area contributed by atoms with Crippen molar-refractivity contribution in [3.63, 3.8) is 0 Å². The van der Waals surface area contributed by atoms with E-state index >= 15 is 0 Å². The predicted octanol–water partition coefficient (Wildman–Crippen LogP) is 2.09. The van der Waals surface area contributed by atoms with Gasteiger partial charge in [0.2, 0.25) is 0 Å². The predicted molar refractivity (Wildman–Crippen MR) is 69.9 cm³/mol. The van der Waals surface area contributed by atoms with Gasteiger partial charge in [-0.25, -0.2) is 0 Å². The zero-order valence-electron chi connectivity index (χ0n) is 7.74. The molecule has 0 aliphatic heterocycles. The summed E-state index contributed by atoms with van der Waals surface area (Å²) in [6.45, 7) is 25.2. The van der Waals surface area contributed by atoms with E-state index in [2.05, 4.69) is 69.9 Å². The molecule has 0 unspecified atom stereocenters. The van der Waals surface area contributed by atoms with Crippen molar-refractivity contribution in [3.8, 4) is 0 Å². The number of hydrogen-bond donors (Lipinski definition) is 0. The molecule has 0 aliphatic carbocycles. The molecule has 86 valence electrons. The molecule has 0 fully saturated rings. The van der Waals surface area contributed by atoms with E-state index in [9.17, 15) is 0 Å². The molecule has 0 aromatic heterocycles. The maximum absolute atomic E-state index is 6.30. The molecule has 0 aromatic rings. The quantitative estimate of drug-likeness (QED) is 0.394.